The van der Waals surface area contributed by atoms with Crippen LogP contribution in [-0.4, -0.2) is 0 Å². The molecule has 0 amide bonds. The first kappa shape index (κ1) is 8.47. The largest absolute Gasteiger partial charge is 0.204 e. The van der Waals surface area contributed by atoms with Gasteiger partial charge in [0, 0.05) is 21.7 Å². The van der Waals surface area contributed by atoms with Gasteiger partial charge in [0.1, 0.15) is 7.05 Å². The third-order valence-corrected chi connectivity index (χ3v) is 3.86. The fourth-order valence-electron chi connectivity index (χ4n) is 2.61. The summed E-state index contributed by atoms with van der Waals surface area (Å²) in [6, 6.07) is 11.5. The molecule has 3 rings (SSSR count). The summed E-state index contributed by atoms with van der Waals surface area (Å²) in [5.41, 5.74) is 3.76. The average Bonchev–Trinajstić information content (AvgIpc) is 3.14. The van der Waals surface area contributed by atoms with E-state index >= 15 is 0 Å². The molecule has 0 saturated heterocycles. The lowest BCUT2D eigenvalue weighted by molar-refractivity contribution is -0.679. The van der Waals surface area contributed by atoms with Crippen LogP contribution in [0.25, 0.3) is 11.1 Å². The van der Waals surface area contributed by atoms with Gasteiger partial charge in [-0.3, -0.25) is 0 Å². The zero-order valence-corrected chi connectivity index (χ0v) is 10.9. The number of rotatable bonds is 2. The van der Waals surface area contributed by atoms with Gasteiger partial charge in [-0.05, 0) is 30.8 Å². The maximum atomic E-state index is 7.52. The minimum absolute atomic E-state index is 0.391. The molecule has 0 radical (unpaired) electrons. The average molecular weight is 241 g/mol. The Balaban J connectivity index is 1.96. The Morgan fingerprint density at radius 2 is 2.06 bits per heavy atom. The minimum Gasteiger partial charge on any atom is -0.204 e. The van der Waals surface area contributed by atoms with Gasteiger partial charge in [-0.15, -0.1) is 0 Å². The highest BCUT2D eigenvalue weighted by atomic mass is 14.9. The van der Waals surface area contributed by atoms with Crippen molar-refractivity contribution in [1.29, 1.82) is 0 Å². The van der Waals surface area contributed by atoms with Gasteiger partial charge in [0.2, 0.25) is 0 Å². The summed E-state index contributed by atoms with van der Waals surface area (Å²) in [6.45, 7) is 0.222. The van der Waals surface area contributed by atoms with E-state index in [4.69, 9.17) is 4.11 Å². The normalized spacial score (nSPS) is 25.1. The molecular weight excluding hydrogens is 218 g/mol. The molecule has 0 N–H and O–H groups in total. The standard InChI is InChI=1S/C17H20N/c1-12-5-4-6-14(9-12)15-7-8-17(18(3)11-15)16-10-13(16)2/h4-9,11,13,16H,10H2,1-3H3/q+1/i1D3. The summed E-state index contributed by atoms with van der Waals surface area (Å²) >= 11 is 0. The lowest BCUT2D eigenvalue weighted by Gasteiger charge is -2.04. The fraction of sp³-hybridized carbons (Fsp3) is 0.353. The number of benzene rings is 1. The van der Waals surface area contributed by atoms with E-state index in [1.165, 1.54) is 12.1 Å². The predicted molar refractivity (Wildman–Crippen MR) is 74.3 cm³/mol. The van der Waals surface area contributed by atoms with Crippen LogP contribution in [0.5, 0.6) is 0 Å². The van der Waals surface area contributed by atoms with Gasteiger partial charge in [-0.2, -0.15) is 0 Å². The number of pyridine rings is 1. The molecule has 92 valence electrons. The van der Waals surface area contributed by atoms with Crippen LogP contribution in [0.2, 0.25) is 0 Å². The zero-order valence-electron chi connectivity index (χ0n) is 13.9. The Hall–Kier alpha value is -1.63. The van der Waals surface area contributed by atoms with Crippen molar-refractivity contribution < 1.29 is 8.68 Å². The third kappa shape index (κ3) is 2.05. The van der Waals surface area contributed by atoms with Crippen molar-refractivity contribution in [3.8, 4) is 11.1 Å². The van der Waals surface area contributed by atoms with Crippen LogP contribution in [0.1, 0.15) is 34.6 Å². The van der Waals surface area contributed by atoms with Crippen molar-refractivity contribution in [3.05, 3.63) is 53.9 Å². The Labute approximate surface area is 113 Å². The molecule has 1 nitrogen and oxygen atoms in total. The van der Waals surface area contributed by atoms with Gasteiger partial charge >= 0.3 is 0 Å². The Morgan fingerprint density at radius 1 is 1.22 bits per heavy atom. The molecule has 0 spiro atoms. The van der Waals surface area contributed by atoms with Gasteiger partial charge in [-0.1, -0.05) is 36.8 Å². The van der Waals surface area contributed by atoms with Crippen LogP contribution >= 0.6 is 0 Å². The molecule has 0 aliphatic heterocycles. The summed E-state index contributed by atoms with van der Waals surface area (Å²) in [7, 11) is 2.07. The molecular formula is C17H20N+. The SMILES string of the molecule is [2H]C([2H])([2H])c1cccc(-c2ccc(C3CC3C)[n+](C)c2)c1. The molecule has 1 aromatic carbocycles. The highest BCUT2D eigenvalue weighted by molar-refractivity contribution is 5.62. The molecule has 1 saturated carbocycles. The Bertz CT molecular complexity index is 676. The number of hydrogen-bond donors (Lipinski definition) is 0. The van der Waals surface area contributed by atoms with E-state index in [9.17, 15) is 0 Å². The first-order chi connectivity index (χ1) is 9.86. The molecule has 1 fully saturated rings. The maximum absolute atomic E-state index is 7.52. The lowest BCUT2D eigenvalue weighted by atomic mass is 10.0. The predicted octanol–water partition coefficient (Wildman–Crippen LogP) is 3.61. The summed E-state index contributed by atoms with van der Waals surface area (Å²) in [5.74, 6) is 1.46. The zero-order chi connectivity index (χ0) is 15.2. The molecule has 1 aliphatic carbocycles. The molecule has 1 aromatic heterocycles. The highest BCUT2D eigenvalue weighted by Gasteiger charge is 2.39. The second kappa shape index (κ2) is 4.24. The van der Waals surface area contributed by atoms with Gasteiger partial charge < -0.3 is 0 Å². The summed E-state index contributed by atoms with van der Waals surface area (Å²) in [6.07, 6.45) is 3.36. The number of aromatic nitrogens is 1. The van der Waals surface area contributed by atoms with Crippen molar-refractivity contribution in [3.63, 3.8) is 0 Å². The second-order valence-corrected chi connectivity index (χ2v) is 5.35. The van der Waals surface area contributed by atoms with Crippen molar-refractivity contribution in [2.24, 2.45) is 13.0 Å². The van der Waals surface area contributed by atoms with Crippen LogP contribution < -0.4 is 4.57 Å². The van der Waals surface area contributed by atoms with E-state index in [0.29, 0.717) is 11.5 Å². The van der Waals surface area contributed by atoms with Crippen molar-refractivity contribution >= 4 is 0 Å². The van der Waals surface area contributed by atoms with Crippen LogP contribution in [0.4, 0.5) is 0 Å². The molecule has 1 heteroatoms. The van der Waals surface area contributed by atoms with Crippen LogP contribution in [0.3, 0.4) is 0 Å². The van der Waals surface area contributed by atoms with E-state index in [1.54, 1.807) is 12.1 Å². The molecule has 2 aromatic rings. The molecule has 2 atom stereocenters. The monoisotopic (exact) mass is 241 g/mol. The summed E-state index contributed by atoms with van der Waals surface area (Å²) in [5, 5.41) is 0. The first-order valence-electron chi connectivity index (χ1n) is 7.97. The fourth-order valence-corrected chi connectivity index (χ4v) is 2.61. The van der Waals surface area contributed by atoms with E-state index in [1.807, 2.05) is 12.1 Å². The third-order valence-electron chi connectivity index (χ3n) is 3.86. The maximum Gasteiger partial charge on any atom is 0.184 e. The van der Waals surface area contributed by atoms with Gasteiger partial charge in [0.25, 0.3) is 0 Å². The molecule has 18 heavy (non-hydrogen) atoms. The number of hydrogen-bond acceptors (Lipinski definition) is 0. The van der Waals surface area contributed by atoms with Crippen LogP contribution in [0, 0.1) is 12.8 Å². The van der Waals surface area contributed by atoms with E-state index in [0.717, 1.165) is 17.0 Å². The van der Waals surface area contributed by atoms with Crippen LogP contribution in [-0.2, 0) is 7.05 Å². The van der Waals surface area contributed by atoms with Crippen molar-refractivity contribution in [1.82, 2.24) is 0 Å². The molecule has 0 bridgehead atoms. The van der Waals surface area contributed by atoms with Gasteiger partial charge in [0.15, 0.2) is 11.9 Å². The van der Waals surface area contributed by atoms with Crippen molar-refractivity contribution in [2.45, 2.75) is 26.1 Å². The number of aryl methyl sites for hydroxylation is 2. The van der Waals surface area contributed by atoms with E-state index in [2.05, 4.69) is 36.9 Å². The molecule has 1 aliphatic rings. The lowest BCUT2D eigenvalue weighted by Crippen LogP contribution is -2.33. The minimum atomic E-state index is -2.05. The molecule has 2 unspecified atom stereocenters. The highest BCUT2D eigenvalue weighted by Crippen LogP contribution is 2.45. The number of nitrogens with zero attached hydrogens (tertiary/aromatic N) is 1. The summed E-state index contributed by atoms with van der Waals surface area (Å²) in [4.78, 5) is 0. The topological polar surface area (TPSA) is 3.88 Å². The molecule has 1 heterocycles. The van der Waals surface area contributed by atoms with Gasteiger partial charge in [0.05, 0.1) is 0 Å². The first-order valence-corrected chi connectivity index (χ1v) is 6.47. The quantitative estimate of drug-likeness (QED) is 0.707. The van der Waals surface area contributed by atoms with Crippen molar-refractivity contribution in [2.75, 3.05) is 0 Å². The van der Waals surface area contributed by atoms with E-state index in [-0.39, 0.29) is 0 Å². The Morgan fingerprint density at radius 3 is 2.72 bits per heavy atom. The van der Waals surface area contributed by atoms with Crippen LogP contribution in [0.15, 0.2) is 42.6 Å². The van der Waals surface area contributed by atoms with E-state index < -0.39 is 6.85 Å². The Kier molecular flexibility index (Phi) is 1.99. The van der Waals surface area contributed by atoms with Gasteiger partial charge in [-0.25, -0.2) is 4.57 Å². The summed E-state index contributed by atoms with van der Waals surface area (Å²) < 4.78 is 24.7. The smallest absolute Gasteiger partial charge is 0.184 e. The second-order valence-electron chi connectivity index (χ2n) is 5.35.